The van der Waals surface area contributed by atoms with Gasteiger partial charge >= 0.3 is 5.97 Å². The molecule has 0 spiro atoms. The van der Waals surface area contributed by atoms with Crippen LogP contribution in [0.25, 0.3) is 26.6 Å². The summed E-state index contributed by atoms with van der Waals surface area (Å²) in [6, 6.07) is 18.1. The first-order valence-electron chi connectivity index (χ1n) is 23.7. The van der Waals surface area contributed by atoms with Crippen LogP contribution in [0.15, 0.2) is 77.2 Å². The van der Waals surface area contributed by atoms with E-state index in [4.69, 9.17) is 4.99 Å². The van der Waals surface area contributed by atoms with E-state index in [1.54, 1.807) is 22.7 Å². The van der Waals surface area contributed by atoms with Crippen molar-refractivity contribution in [3.8, 4) is 26.6 Å². The SMILES string of the molecule is Cc1ncsc1-c1ccc(C(C)NC(=O)[C@@H]2C[C@@H](O)CN2C(=O)C(NC(=O)CN2CCc3cccc(-c4ccc(C5=N[C@@H](CC(=O)O)c6nnc(C)n6-c6sc(C)c(C)c65)cc4)c3C2=O)C(C)(C)C)cc1. The van der Waals surface area contributed by atoms with Crippen LogP contribution in [0.2, 0.25) is 0 Å². The van der Waals surface area contributed by atoms with Crippen molar-refractivity contribution in [2.75, 3.05) is 19.6 Å². The van der Waals surface area contributed by atoms with Gasteiger partial charge < -0.3 is 30.6 Å². The Labute approximate surface area is 419 Å². The number of hydrogen-bond donors (Lipinski definition) is 4. The number of thiophene rings is 1. The summed E-state index contributed by atoms with van der Waals surface area (Å²) in [6.45, 7) is 15.1. The quantitative estimate of drug-likeness (QED) is 0.0978. The largest absolute Gasteiger partial charge is 0.481 e. The molecule has 1 fully saturated rings. The number of aliphatic hydroxyl groups is 1. The van der Waals surface area contributed by atoms with Crippen LogP contribution in [0.3, 0.4) is 0 Å². The van der Waals surface area contributed by atoms with Crippen LogP contribution in [0, 0.1) is 33.1 Å². The Balaban J connectivity index is 0.903. The molecule has 16 nitrogen and oxygen atoms in total. The number of rotatable bonds is 12. The van der Waals surface area contributed by atoms with Crippen LogP contribution < -0.4 is 10.6 Å². The minimum atomic E-state index is -1.07. The molecular weight excluding hydrogens is 939 g/mol. The number of nitrogens with zero attached hydrogens (tertiary/aromatic N) is 7. The summed E-state index contributed by atoms with van der Waals surface area (Å²) < 4.78 is 1.91. The van der Waals surface area contributed by atoms with Crippen molar-refractivity contribution in [2.24, 2.45) is 10.4 Å². The zero-order valence-electron chi connectivity index (χ0n) is 40.9. The molecule has 368 valence electrons. The Bertz CT molecular complexity index is 3110. The number of nitrogens with one attached hydrogen (secondary N) is 2. The van der Waals surface area contributed by atoms with Gasteiger partial charge in [0.1, 0.15) is 29.0 Å². The zero-order valence-corrected chi connectivity index (χ0v) is 42.6. The number of β-amino-alcohol motifs (C(OH)–C–C–N with tert-alkyl or cyclic N) is 1. The fraction of sp³-hybridized carbons (Fsp3) is 0.377. The van der Waals surface area contributed by atoms with E-state index < -0.39 is 59.4 Å². The average Bonchev–Trinajstić information content (AvgIpc) is 4.10. The van der Waals surface area contributed by atoms with E-state index >= 15 is 0 Å². The van der Waals surface area contributed by atoms with Crippen LogP contribution in [0.1, 0.15) is 113 Å². The van der Waals surface area contributed by atoms with Crippen molar-refractivity contribution in [3.63, 3.8) is 0 Å². The van der Waals surface area contributed by atoms with Gasteiger partial charge in [-0.1, -0.05) is 87.5 Å². The number of hydrogen-bond acceptors (Lipinski definition) is 12. The van der Waals surface area contributed by atoms with Gasteiger partial charge in [0, 0.05) is 35.5 Å². The Morgan fingerprint density at radius 2 is 1.61 bits per heavy atom. The number of carboxylic acid groups (broad SMARTS) is 1. The molecule has 3 aromatic heterocycles. The second-order valence-electron chi connectivity index (χ2n) is 19.8. The molecule has 0 radical (unpaired) electrons. The predicted molar refractivity (Wildman–Crippen MR) is 272 cm³/mol. The molecule has 4 amide bonds. The van der Waals surface area contributed by atoms with Gasteiger partial charge in [-0.2, -0.15) is 0 Å². The van der Waals surface area contributed by atoms with Crippen molar-refractivity contribution in [1.82, 2.24) is 40.2 Å². The molecule has 6 aromatic rings. The molecular formula is C53H57N9O7S2. The highest BCUT2D eigenvalue weighted by atomic mass is 32.1. The highest BCUT2D eigenvalue weighted by molar-refractivity contribution is 7.15. The minimum absolute atomic E-state index is 0.0483. The van der Waals surface area contributed by atoms with Crippen LogP contribution >= 0.6 is 22.7 Å². The van der Waals surface area contributed by atoms with E-state index in [-0.39, 0.29) is 38.4 Å². The lowest BCUT2D eigenvalue weighted by molar-refractivity contribution is -0.144. The molecule has 3 aliphatic heterocycles. The zero-order chi connectivity index (χ0) is 50.6. The van der Waals surface area contributed by atoms with Gasteiger partial charge in [0.15, 0.2) is 5.82 Å². The number of aryl methyl sites for hydroxylation is 3. The highest BCUT2D eigenvalue weighted by Crippen LogP contribution is 2.40. The third-order valence-electron chi connectivity index (χ3n) is 13.8. The van der Waals surface area contributed by atoms with Crippen molar-refractivity contribution >= 4 is 58.0 Å². The number of fused-ring (bicyclic) bond motifs is 4. The molecule has 0 aliphatic carbocycles. The average molecular weight is 996 g/mol. The summed E-state index contributed by atoms with van der Waals surface area (Å²) in [5, 5.41) is 36.2. The number of amides is 4. The molecule has 3 aliphatic rings. The smallest absolute Gasteiger partial charge is 0.306 e. The molecule has 6 heterocycles. The molecule has 71 heavy (non-hydrogen) atoms. The first kappa shape index (κ1) is 49.1. The number of aromatic nitrogens is 4. The number of aliphatic hydroxyl groups excluding tert-OH is 1. The van der Waals surface area contributed by atoms with E-state index in [9.17, 15) is 34.2 Å². The summed E-state index contributed by atoms with van der Waals surface area (Å²) in [7, 11) is 0. The van der Waals surface area contributed by atoms with Gasteiger partial charge in [0.2, 0.25) is 17.7 Å². The number of carbonyl (C=O) groups is 5. The van der Waals surface area contributed by atoms with E-state index in [0.29, 0.717) is 34.9 Å². The van der Waals surface area contributed by atoms with Gasteiger partial charge in [-0.05, 0) is 79.8 Å². The van der Waals surface area contributed by atoms with E-state index in [0.717, 1.165) is 59.4 Å². The van der Waals surface area contributed by atoms with Gasteiger partial charge in [0.25, 0.3) is 5.91 Å². The standard InChI is InChI=1S/C53H57N9O7S2/c1-27-30(4)71-52-43(27)45(56-39(23-42(65)66)48-59-58-31(5)62(48)52)35-16-14-33(15-17-35)38-11-9-10-34-20-21-60(50(68)44(34)38)25-41(64)57-47(53(6,7)8)51(69)61-24-37(63)22-40(61)49(67)55-28(2)32-12-18-36(19-13-32)46-29(3)54-26-70-46/h9-19,26,28,37,39-40,47,63H,20-25H2,1-8H3,(H,55,67)(H,57,64)(H,65,66)/t28?,37-,39+,40+,47?/m1/s1. The summed E-state index contributed by atoms with van der Waals surface area (Å²) in [5.41, 5.74) is 10.00. The maximum absolute atomic E-state index is 14.5. The van der Waals surface area contributed by atoms with Crippen molar-refractivity contribution < 1.29 is 34.2 Å². The summed E-state index contributed by atoms with van der Waals surface area (Å²) in [4.78, 5) is 83.4. The first-order valence-corrected chi connectivity index (χ1v) is 25.4. The van der Waals surface area contributed by atoms with Crippen molar-refractivity contribution in [1.29, 1.82) is 0 Å². The molecule has 9 rings (SSSR count). The summed E-state index contributed by atoms with van der Waals surface area (Å²) >= 11 is 3.15. The molecule has 3 aromatic carbocycles. The fourth-order valence-corrected chi connectivity index (χ4v) is 11.9. The third-order valence-corrected chi connectivity index (χ3v) is 15.9. The lowest BCUT2D eigenvalue weighted by Gasteiger charge is -2.36. The number of thiazole rings is 1. The number of benzene rings is 3. The Kier molecular flexibility index (Phi) is 13.4. The molecule has 18 heteroatoms. The normalized spacial score (nSPS) is 18.5. The third kappa shape index (κ3) is 9.55. The maximum Gasteiger partial charge on any atom is 0.306 e. The summed E-state index contributed by atoms with van der Waals surface area (Å²) in [5.74, 6) is -1.64. The lowest BCUT2D eigenvalue weighted by atomic mass is 9.85. The van der Waals surface area contributed by atoms with Crippen LogP contribution in [-0.2, 0) is 25.6 Å². The molecule has 4 N–H and O–H groups in total. The second kappa shape index (κ2) is 19.4. The maximum atomic E-state index is 14.5. The van der Waals surface area contributed by atoms with Crippen LogP contribution in [-0.4, -0.2) is 113 Å². The Morgan fingerprint density at radius 1 is 0.901 bits per heavy atom. The number of carbonyl (C=O) groups excluding carboxylic acids is 4. The molecule has 0 saturated carbocycles. The number of carboxylic acids is 1. The molecule has 5 atom stereocenters. The first-order chi connectivity index (χ1) is 33.8. The topological polar surface area (TPSA) is 212 Å². The molecule has 1 saturated heterocycles. The number of aliphatic imine (C=N–C) groups is 1. The van der Waals surface area contributed by atoms with E-state index in [2.05, 4.69) is 25.8 Å². The van der Waals surface area contributed by atoms with Crippen LogP contribution in [0.4, 0.5) is 0 Å². The van der Waals surface area contributed by atoms with Gasteiger partial charge in [-0.25, -0.2) is 4.98 Å². The Morgan fingerprint density at radius 3 is 2.28 bits per heavy atom. The van der Waals surface area contributed by atoms with Crippen LogP contribution in [0.5, 0.6) is 0 Å². The lowest BCUT2D eigenvalue weighted by Crippen LogP contribution is -2.59. The monoisotopic (exact) mass is 995 g/mol. The number of likely N-dealkylation sites (tertiary alicyclic amines) is 1. The van der Waals surface area contributed by atoms with Crippen molar-refractivity contribution in [2.45, 2.75) is 105 Å². The highest BCUT2D eigenvalue weighted by Gasteiger charge is 2.45. The van der Waals surface area contributed by atoms with Gasteiger partial charge in [0.05, 0.1) is 52.5 Å². The predicted octanol–water partition coefficient (Wildman–Crippen LogP) is 7.09. The second-order valence-corrected chi connectivity index (χ2v) is 21.8. The minimum Gasteiger partial charge on any atom is -0.481 e. The van der Waals surface area contributed by atoms with E-state index in [1.165, 1.54) is 9.80 Å². The van der Waals surface area contributed by atoms with E-state index in [1.807, 2.05) is 132 Å². The van der Waals surface area contributed by atoms with Crippen molar-refractivity contribution in [3.05, 3.63) is 128 Å². The molecule has 0 bridgehead atoms. The Hall–Kier alpha value is -6.89. The summed E-state index contributed by atoms with van der Waals surface area (Å²) in [6.07, 6.45) is -0.646. The fourth-order valence-electron chi connectivity index (χ4n) is 9.86. The molecule has 2 unspecified atom stereocenters. The van der Waals surface area contributed by atoms with Gasteiger partial charge in [-0.15, -0.1) is 32.9 Å². The number of aliphatic carboxylic acids is 1. The van der Waals surface area contributed by atoms with Gasteiger partial charge in [-0.3, -0.25) is 33.5 Å².